The van der Waals surface area contributed by atoms with Crippen LogP contribution in [0, 0.1) is 0 Å². The van der Waals surface area contributed by atoms with Crippen molar-refractivity contribution in [3.8, 4) is 22.8 Å². The normalized spacial score (nSPS) is 11.2. The van der Waals surface area contributed by atoms with Crippen molar-refractivity contribution in [1.29, 1.82) is 0 Å². The zero-order chi connectivity index (χ0) is 22.5. The van der Waals surface area contributed by atoms with Gasteiger partial charge in [-0.05, 0) is 75.4 Å². The quantitative estimate of drug-likeness (QED) is 0.553. The first-order valence-electron chi connectivity index (χ1n) is 10.7. The maximum atomic E-state index is 13.0. The minimum Gasteiger partial charge on any atom is -0.493 e. The van der Waals surface area contributed by atoms with Gasteiger partial charge in [-0.25, -0.2) is 0 Å². The Hall–Kier alpha value is -2.99. The number of hydrogen-bond acceptors (Lipinski definition) is 4. The second kappa shape index (κ2) is 9.88. The van der Waals surface area contributed by atoms with Crippen LogP contribution in [-0.4, -0.2) is 69.1 Å². The van der Waals surface area contributed by atoms with E-state index in [0.29, 0.717) is 17.1 Å². The number of amides is 1. The third-order valence-electron chi connectivity index (χ3n) is 5.62. The van der Waals surface area contributed by atoms with E-state index in [4.69, 9.17) is 9.47 Å². The van der Waals surface area contributed by atoms with E-state index in [2.05, 4.69) is 16.8 Å². The number of fused-ring (bicyclic) bond motifs is 1. The van der Waals surface area contributed by atoms with Crippen LogP contribution in [0.25, 0.3) is 22.2 Å². The summed E-state index contributed by atoms with van der Waals surface area (Å²) in [6.07, 6.45) is 1.80. The molecule has 2 aromatic carbocycles. The zero-order valence-corrected chi connectivity index (χ0v) is 19.4. The number of nitrogens with zero attached hydrogens (tertiary/aromatic N) is 2. The van der Waals surface area contributed by atoms with Crippen LogP contribution in [0.5, 0.6) is 11.5 Å². The van der Waals surface area contributed by atoms with Crippen LogP contribution in [0.1, 0.15) is 29.3 Å². The van der Waals surface area contributed by atoms with Gasteiger partial charge in [0.1, 0.15) is 0 Å². The van der Waals surface area contributed by atoms with Crippen LogP contribution in [0.2, 0.25) is 0 Å². The molecular formula is C25H33N3O3. The van der Waals surface area contributed by atoms with E-state index < -0.39 is 0 Å². The van der Waals surface area contributed by atoms with Crippen LogP contribution in [0.3, 0.4) is 0 Å². The minimum atomic E-state index is 0.0524. The number of methoxy groups -OCH3 is 2. The van der Waals surface area contributed by atoms with Gasteiger partial charge in [-0.15, -0.1) is 0 Å². The van der Waals surface area contributed by atoms with Crippen molar-refractivity contribution in [2.75, 3.05) is 48.5 Å². The summed E-state index contributed by atoms with van der Waals surface area (Å²) < 4.78 is 10.8. The van der Waals surface area contributed by atoms with Crippen molar-refractivity contribution >= 4 is 16.8 Å². The number of H-pyrrole nitrogens is 1. The largest absolute Gasteiger partial charge is 0.493 e. The average Bonchev–Trinajstić information content (AvgIpc) is 3.15. The van der Waals surface area contributed by atoms with Gasteiger partial charge in [0.05, 0.1) is 14.2 Å². The van der Waals surface area contributed by atoms with Crippen molar-refractivity contribution in [1.82, 2.24) is 14.8 Å². The molecule has 0 aliphatic carbocycles. The van der Waals surface area contributed by atoms with Gasteiger partial charge < -0.3 is 24.3 Å². The number of aromatic nitrogens is 1. The van der Waals surface area contributed by atoms with E-state index in [9.17, 15) is 4.79 Å². The minimum absolute atomic E-state index is 0.0524. The van der Waals surface area contributed by atoms with E-state index in [-0.39, 0.29) is 5.91 Å². The van der Waals surface area contributed by atoms with Gasteiger partial charge in [-0.3, -0.25) is 4.79 Å². The fourth-order valence-electron chi connectivity index (χ4n) is 3.93. The molecule has 0 atom stereocenters. The van der Waals surface area contributed by atoms with Crippen LogP contribution < -0.4 is 9.47 Å². The molecule has 0 aliphatic rings. The average molecular weight is 424 g/mol. The number of rotatable bonds is 9. The summed E-state index contributed by atoms with van der Waals surface area (Å²) in [6.45, 7) is 3.83. The summed E-state index contributed by atoms with van der Waals surface area (Å²) >= 11 is 0. The highest BCUT2D eigenvalue weighted by atomic mass is 16.5. The fourth-order valence-corrected chi connectivity index (χ4v) is 3.93. The highest BCUT2D eigenvalue weighted by Gasteiger charge is 2.17. The summed E-state index contributed by atoms with van der Waals surface area (Å²) in [7, 11) is 9.23. The van der Waals surface area contributed by atoms with Crippen LogP contribution in [0.15, 0.2) is 36.4 Å². The Morgan fingerprint density at radius 1 is 0.968 bits per heavy atom. The van der Waals surface area contributed by atoms with Crippen molar-refractivity contribution < 1.29 is 14.3 Å². The number of benzene rings is 2. The molecule has 0 saturated carbocycles. The molecule has 1 amide bonds. The molecule has 1 aromatic heterocycles. The summed E-state index contributed by atoms with van der Waals surface area (Å²) in [6, 6.07) is 11.8. The number of carbonyl (C=O) groups excluding carboxylic acids is 1. The van der Waals surface area contributed by atoms with Crippen LogP contribution in [0.4, 0.5) is 0 Å². The Labute approximate surface area is 184 Å². The topological polar surface area (TPSA) is 57.8 Å². The standard InChI is InChI=1S/C25H33N3O3/c1-7-19-20-15-18(25(29)28(4)14-8-13-27(2)3)9-11-21(20)26-24(19)17-10-12-22(30-5)23(16-17)31-6/h9-12,15-16,26H,7-8,13-14H2,1-6H3. The lowest BCUT2D eigenvalue weighted by Gasteiger charge is -2.18. The molecule has 0 spiro atoms. The first-order chi connectivity index (χ1) is 14.9. The van der Waals surface area contributed by atoms with Crippen molar-refractivity contribution in [3.63, 3.8) is 0 Å². The van der Waals surface area contributed by atoms with E-state index in [0.717, 1.165) is 48.1 Å². The molecule has 1 N–H and O–H groups in total. The first-order valence-corrected chi connectivity index (χ1v) is 10.7. The first kappa shape index (κ1) is 22.7. The molecule has 31 heavy (non-hydrogen) atoms. The molecule has 3 aromatic rings. The number of hydrogen-bond donors (Lipinski definition) is 1. The molecule has 1 heterocycles. The number of carbonyl (C=O) groups is 1. The Bertz CT molecular complexity index is 1060. The third-order valence-corrected chi connectivity index (χ3v) is 5.62. The second-order valence-electron chi connectivity index (χ2n) is 8.05. The number of nitrogens with one attached hydrogen (secondary N) is 1. The lowest BCUT2D eigenvalue weighted by molar-refractivity contribution is 0.0791. The van der Waals surface area contributed by atoms with E-state index in [1.165, 1.54) is 5.56 Å². The predicted molar refractivity (Wildman–Crippen MR) is 126 cm³/mol. The summed E-state index contributed by atoms with van der Waals surface area (Å²) in [5.41, 5.74) is 5.00. The molecule has 6 nitrogen and oxygen atoms in total. The number of aromatic amines is 1. The Kier molecular flexibility index (Phi) is 7.23. The maximum Gasteiger partial charge on any atom is 0.253 e. The maximum absolute atomic E-state index is 13.0. The zero-order valence-electron chi connectivity index (χ0n) is 19.4. The van der Waals surface area contributed by atoms with Crippen LogP contribution in [-0.2, 0) is 6.42 Å². The van der Waals surface area contributed by atoms with E-state index >= 15 is 0 Å². The molecular weight excluding hydrogens is 390 g/mol. The molecule has 6 heteroatoms. The van der Waals surface area contributed by atoms with Crippen molar-refractivity contribution in [3.05, 3.63) is 47.5 Å². The monoisotopic (exact) mass is 423 g/mol. The Morgan fingerprint density at radius 3 is 2.35 bits per heavy atom. The van der Waals surface area contributed by atoms with E-state index in [1.54, 1.807) is 19.1 Å². The molecule has 0 aliphatic heterocycles. The fraction of sp³-hybridized carbons (Fsp3) is 0.400. The number of aryl methyl sites for hydroxylation is 1. The van der Waals surface area contributed by atoms with Gasteiger partial charge in [-0.2, -0.15) is 0 Å². The molecule has 0 unspecified atom stereocenters. The summed E-state index contributed by atoms with van der Waals surface area (Å²) in [5, 5.41) is 1.08. The van der Waals surface area contributed by atoms with Crippen LogP contribution >= 0.6 is 0 Å². The molecule has 3 rings (SSSR count). The molecule has 0 saturated heterocycles. The molecule has 0 fully saturated rings. The smallest absolute Gasteiger partial charge is 0.253 e. The van der Waals surface area contributed by atoms with Crippen molar-refractivity contribution in [2.24, 2.45) is 0 Å². The lowest BCUT2D eigenvalue weighted by Crippen LogP contribution is -2.29. The highest BCUT2D eigenvalue weighted by molar-refractivity contribution is 6.00. The SMILES string of the molecule is CCc1c(-c2ccc(OC)c(OC)c2)[nH]c2ccc(C(=O)N(C)CCCN(C)C)cc12. The molecule has 0 radical (unpaired) electrons. The summed E-state index contributed by atoms with van der Waals surface area (Å²) in [4.78, 5) is 20.4. The molecule has 0 bridgehead atoms. The van der Waals surface area contributed by atoms with Crippen molar-refractivity contribution in [2.45, 2.75) is 19.8 Å². The number of ether oxygens (including phenoxy) is 2. The Balaban J connectivity index is 1.94. The van der Waals surface area contributed by atoms with Gasteiger partial charge in [0, 0.05) is 41.3 Å². The molecule has 166 valence electrons. The van der Waals surface area contributed by atoms with Gasteiger partial charge >= 0.3 is 0 Å². The Morgan fingerprint density at radius 2 is 1.71 bits per heavy atom. The summed E-state index contributed by atoms with van der Waals surface area (Å²) in [5.74, 6) is 1.44. The highest BCUT2D eigenvalue weighted by Crippen LogP contribution is 2.36. The van der Waals surface area contributed by atoms with Gasteiger partial charge in [0.15, 0.2) is 11.5 Å². The lowest BCUT2D eigenvalue weighted by atomic mass is 10.0. The predicted octanol–water partition coefficient (Wildman–Crippen LogP) is 4.44. The second-order valence-corrected chi connectivity index (χ2v) is 8.05. The van der Waals surface area contributed by atoms with Gasteiger partial charge in [0.2, 0.25) is 0 Å². The van der Waals surface area contributed by atoms with Gasteiger partial charge in [-0.1, -0.05) is 6.92 Å². The van der Waals surface area contributed by atoms with Gasteiger partial charge in [0.25, 0.3) is 5.91 Å². The third kappa shape index (κ3) is 4.85. The van der Waals surface area contributed by atoms with E-state index in [1.807, 2.05) is 57.5 Å².